The molecule has 0 spiro atoms. The number of amides is 1. The summed E-state index contributed by atoms with van der Waals surface area (Å²) in [5, 5.41) is 2.84. The lowest BCUT2D eigenvalue weighted by molar-refractivity contribution is 0.141. The maximum atomic E-state index is 11.3. The van der Waals surface area contributed by atoms with Crippen molar-refractivity contribution in [1.82, 2.24) is 5.32 Å². The molecular weight excluding hydrogens is 202 g/mol. The second-order valence-corrected chi connectivity index (χ2v) is 4.39. The van der Waals surface area contributed by atoms with Crippen LogP contribution in [-0.4, -0.2) is 18.2 Å². The van der Waals surface area contributed by atoms with Crippen molar-refractivity contribution in [2.75, 3.05) is 6.61 Å². The molecule has 0 bridgehead atoms. The third kappa shape index (κ3) is 4.34. The van der Waals surface area contributed by atoms with E-state index in [4.69, 9.17) is 4.74 Å². The van der Waals surface area contributed by atoms with Crippen LogP contribution >= 0.6 is 0 Å². The molecule has 0 saturated heterocycles. The van der Waals surface area contributed by atoms with Gasteiger partial charge in [0, 0.05) is 5.54 Å². The fourth-order valence-corrected chi connectivity index (χ4v) is 1.59. The van der Waals surface area contributed by atoms with Crippen molar-refractivity contribution in [2.24, 2.45) is 0 Å². The lowest BCUT2D eigenvalue weighted by Gasteiger charge is -2.25. The highest BCUT2D eigenvalue weighted by atomic mass is 16.5. The largest absolute Gasteiger partial charge is 0.450 e. The van der Waals surface area contributed by atoms with Gasteiger partial charge in [-0.2, -0.15) is 0 Å². The van der Waals surface area contributed by atoms with Crippen LogP contribution in [0.2, 0.25) is 0 Å². The van der Waals surface area contributed by atoms with Crippen molar-refractivity contribution < 1.29 is 9.53 Å². The molecule has 0 atom stereocenters. The summed E-state index contributed by atoms with van der Waals surface area (Å²) in [6.07, 6.45) is 0.426. The van der Waals surface area contributed by atoms with Crippen LogP contribution in [0.25, 0.3) is 0 Å². The van der Waals surface area contributed by atoms with Gasteiger partial charge in [0.05, 0.1) is 6.61 Å². The molecule has 0 aromatic heterocycles. The minimum atomic E-state index is -0.358. The molecule has 0 radical (unpaired) electrons. The van der Waals surface area contributed by atoms with E-state index in [9.17, 15) is 4.79 Å². The van der Waals surface area contributed by atoms with Gasteiger partial charge in [0.15, 0.2) is 0 Å². The first-order valence-electron chi connectivity index (χ1n) is 5.52. The van der Waals surface area contributed by atoms with Crippen LogP contribution in [0.4, 0.5) is 4.79 Å². The molecule has 1 amide bonds. The maximum Gasteiger partial charge on any atom is 0.407 e. The standard InChI is InChI=1S/C13H19NO2/c1-4-16-12(15)14-13(2,3)10-11-8-6-5-7-9-11/h5-9H,4,10H2,1-3H3,(H,14,15). The summed E-state index contributed by atoms with van der Waals surface area (Å²) in [5.41, 5.74) is 0.900. The van der Waals surface area contributed by atoms with Gasteiger partial charge >= 0.3 is 6.09 Å². The fraction of sp³-hybridized carbons (Fsp3) is 0.462. The summed E-state index contributed by atoms with van der Waals surface area (Å²) in [4.78, 5) is 11.3. The minimum Gasteiger partial charge on any atom is -0.450 e. The van der Waals surface area contributed by atoms with E-state index in [0.717, 1.165) is 6.42 Å². The van der Waals surface area contributed by atoms with Crippen molar-refractivity contribution in [1.29, 1.82) is 0 Å². The van der Waals surface area contributed by atoms with Gasteiger partial charge in [0.25, 0.3) is 0 Å². The van der Waals surface area contributed by atoms with Crippen molar-refractivity contribution >= 4 is 6.09 Å². The molecule has 1 aromatic carbocycles. The van der Waals surface area contributed by atoms with Crippen LogP contribution in [-0.2, 0) is 11.2 Å². The first-order chi connectivity index (χ1) is 7.53. The van der Waals surface area contributed by atoms with Crippen molar-refractivity contribution in [3.05, 3.63) is 35.9 Å². The Balaban J connectivity index is 2.54. The van der Waals surface area contributed by atoms with E-state index >= 15 is 0 Å². The molecule has 3 nitrogen and oxygen atoms in total. The van der Waals surface area contributed by atoms with Crippen LogP contribution in [0.1, 0.15) is 26.3 Å². The van der Waals surface area contributed by atoms with Gasteiger partial charge in [-0.3, -0.25) is 0 Å². The van der Waals surface area contributed by atoms with Crippen LogP contribution in [0.15, 0.2) is 30.3 Å². The Morgan fingerprint density at radius 2 is 1.94 bits per heavy atom. The molecule has 0 aliphatic rings. The van der Waals surface area contributed by atoms with Crippen molar-refractivity contribution in [3.8, 4) is 0 Å². The summed E-state index contributed by atoms with van der Waals surface area (Å²) in [6.45, 7) is 6.16. The zero-order valence-corrected chi connectivity index (χ0v) is 10.1. The van der Waals surface area contributed by atoms with E-state index < -0.39 is 0 Å². The molecule has 0 fully saturated rings. The lowest BCUT2D eigenvalue weighted by atomic mass is 9.95. The Bertz CT molecular complexity index is 333. The number of hydrogen-bond acceptors (Lipinski definition) is 2. The number of benzene rings is 1. The third-order valence-electron chi connectivity index (χ3n) is 2.20. The fourth-order valence-electron chi connectivity index (χ4n) is 1.59. The predicted molar refractivity (Wildman–Crippen MR) is 64.4 cm³/mol. The lowest BCUT2D eigenvalue weighted by Crippen LogP contribution is -2.45. The van der Waals surface area contributed by atoms with Gasteiger partial charge in [-0.15, -0.1) is 0 Å². The molecule has 1 N–H and O–H groups in total. The first kappa shape index (κ1) is 12.6. The van der Waals surface area contributed by atoms with E-state index in [1.165, 1.54) is 5.56 Å². The number of rotatable bonds is 4. The molecule has 0 heterocycles. The second kappa shape index (κ2) is 5.54. The maximum absolute atomic E-state index is 11.3. The van der Waals surface area contributed by atoms with Crippen molar-refractivity contribution in [3.63, 3.8) is 0 Å². The highest BCUT2D eigenvalue weighted by Gasteiger charge is 2.21. The molecule has 16 heavy (non-hydrogen) atoms. The van der Waals surface area contributed by atoms with Gasteiger partial charge in [-0.1, -0.05) is 30.3 Å². The molecule has 3 heteroatoms. The molecule has 0 saturated carbocycles. The Morgan fingerprint density at radius 3 is 2.50 bits per heavy atom. The van der Waals surface area contributed by atoms with E-state index in [1.807, 2.05) is 32.0 Å². The summed E-state index contributed by atoms with van der Waals surface area (Å²) >= 11 is 0. The Morgan fingerprint density at radius 1 is 1.31 bits per heavy atom. The molecule has 1 aromatic rings. The zero-order chi connectivity index (χ0) is 12.0. The average Bonchev–Trinajstić information content (AvgIpc) is 2.17. The van der Waals surface area contributed by atoms with E-state index in [1.54, 1.807) is 6.92 Å². The van der Waals surface area contributed by atoms with E-state index in [-0.39, 0.29) is 11.6 Å². The van der Waals surface area contributed by atoms with Gasteiger partial charge in [-0.05, 0) is 32.8 Å². The van der Waals surface area contributed by atoms with Crippen LogP contribution in [0, 0.1) is 0 Å². The van der Waals surface area contributed by atoms with Crippen molar-refractivity contribution in [2.45, 2.75) is 32.7 Å². The number of ether oxygens (including phenoxy) is 1. The minimum absolute atomic E-state index is 0.298. The monoisotopic (exact) mass is 221 g/mol. The SMILES string of the molecule is CCOC(=O)NC(C)(C)Cc1ccccc1. The van der Waals surface area contributed by atoms with Gasteiger partial charge in [0.2, 0.25) is 0 Å². The summed E-state index contributed by atoms with van der Waals surface area (Å²) < 4.78 is 4.87. The normalized spacial score (nSPS) is 10.9. The van der Waals surface area contributed by atoms with Gasteiger partial charge in [-0.25, -0.2) is 4.79 Å². The number of nitrogens with one attached hydrogen (secondary N) is 1. The predicted octanol–water partition coefficient (Wildman–Crippen LogP) is 2.75. The Kier molecular flexibility index (Phi) is 4.35. The van der Waals surface area contributed by atoms with Gasteiger partial charge in [0.1, 0.15) is 0 Å². The van der Waals surface area contributed by atoms with E-state index in [0.29, 0.717) is 6.61 Å². The van der Waals surface area contributed by atoms with Gasteiger partial charge < -0.3 is 10.1 Å². The summed E-state index contributed by atoms with van der Waals surface area (Å²) in [5.74, 6) is 0. The second-order valence-electron chi connectivity index (χ2n) is 4.39. The highest BCUT2D eigenvalue weighted by molar-refractivity contribution is 5.68. The average molecular weight is 221 g/mol. The summed E-state index contributed by atoms with van der Waals surface area (Å²) in [6, 6.07) is 10.1. The smallest absolute Gasteiger partial charge is 0.407 e. The molecule has 0 unspecified atom stereocenters. The number of alkyl carbamates (subject to hydrolysis) is 1. The zero-order valence-electron chi connectivity index (χ0n) is 10.1. The molecular formula is C13H19NO2. The topological polar surface area (TPSA) is 38.3 Å². The quantitative estimate of drug-likeness (QED) is 0.849. The van der Waals surface area contributed by atoms with Crippen LogP contribution < -0.4 is 5.32 Å². The summed E-state index contributed by atoms with van der Waals surface area (Å²) in [7, 11) is 0. The highest BCUT2D eigenvalue weighted by Crippen LogP contribution is 2.12. The number of carbonyl (C=O) groups excluding carboxylic acids is 1. The van der Waals surface area contributed by atoms with Crippen LogP contribution in [0.5, 0.6) is 0 Å². The number of hydrogen-bond donors (Lipinski definition) is 1. The Hall–Kier alpha value is -1.51. The molecule has 1 rings (SSSR count). The van der Waals surface area contributed by atoms with E-state index in [2.05, 4.69) is 17.4 Å². The molecule has 0 aliphatic heterocycles. The Labute approximate surface area is 96.8 Å². The molecule has 88 valence electrons. The number of carbonyl (C=O) groups is 1. The molecule has 0 aliphatic carbocycles. The third-order valence-corrected chi connectivity index (χ3v) is 2.20. The first-order valence-corrected chi connectivity index (χ1v) is 5.52. The van der Waals surface area contributed by atoms with Crippen LogP contribution in [0.3, 0.4) is 0 Å².